The van der Waals surface area contributed by atoms with Gasteiger partial charge in [0.1, 0.15) is 0 Å². The van der Waals surface area contributed by atoms with E-state index in [9.17, 15) is 4.79 Å². The van der Waals surface area contributed by atoms with Crippen LogP contribution in [-0.4, -0.2) is 86.0 Å². The maximum absolute atomic E-state index is 12.3. The maximum Gasteiger partial charge on any atom is 0.239 e. The van der Waals surface area contributed by atoms with E-state index in [0.29, 0.717) is 0 Å². The molecule has 25 heavy (non-hydrogen) atoms. The Hall–Kier alpha value is -1.30. The fourth-order valence-electron chi connectivity index (χ4n) is 3.78. The molecule has 144 valence electrons. The Bertz CT molecular complexity index is 443. The van der Waals surface area contributed by atoms with E-state index in [2.05, 4.69) is 29.0 Å². The predicted molar refractivity (Wildman–Crippen MR) is 104 cm³/mol. The van der Waals surface area contributed by atoms with Gasteiger partial charge in [-0.1, -0.05) is 6.92 Å². The van der Waals surface area contributed by atoms with Crippen molar-refractivity contribution in [3.05, 3.63) is 0 Å². The van der Waals surface area contributed by atoms with Gasteiger partial charge < -0.3 is 15.1 Å². The second-order valence-corrected chi connectivity index (χ2v) is 7.69. The van der Waals surface area contributed by atoms with E-state index >= 15 is 0 Å². The third-order valence-corrected chi connectivity index (χ3v) is 5.37. The molecule has 1 N–H and O–H groups in total. The second-order valence-electron chi connectivity index (χ2n) is 7.69. The van der Waals surface area contributed by atoms with E-state index in [-0.39, 0.29) is 11.9 Å². The molecule has 0 spiro atoms. The number of rotatable bonds is 6. The first kappa shape index (κ1) is 20.0. The molecule has 0 radical (unpaired) electrons. The highest BCUT2D eigenvalue weighted by molar-refractivity contribution is 5.81. The molecule has 2 aliphatic rings. The molecule has 6 heteroatoms. The Balaban J connectivity index is 1.80. The molecule has 2 fully saturated rings. The molecule has 1 amide bonds. The van der Waals surface area contributed by atoms with Crippen molar-refractivity contribution < 1.29 is 4.79 Å². The van der Waals surface area contributed by atoms with Crippen LogP contribution in [0.3, 0.4) is 0 Å². The molecule has 2 saturated heterocycles. The quantitative estimate of drug-likeness (QED) is 0.449. The molecular weight excluding hydrogens is 314 g/mol. The number of carbonyl (C=O) groups excluding carboxylic acids is 1. The van der Waals surface area contributed by atoms with Crippen molar-refractivity contribution >= 4 is 11.9 Å². The van der Waals surface area contributed by atoms with Gasteiger partial charge in [-0.15, -0.1) is 0 Å². The average molecular weight is 352 g/mol. The summed E-state index contributed by atoms with van der Waals surface area (Å²) in [6.07, 6.45) is 5.65. The molecule has 0 aliphatic carbocycles. The zero-order chi connectivity index (χ0) is 18.2. The van der Waals surface area contributed by atoms with Crippen LogP contribution in [0.4, 0.5) is 0 Å². The number of likely N-dealkylation sites (tertiary alicyclic amines) is 2. The van der Waals surface area contributed by atoms with Crippen LogP contribution in [0.2, 0.25) is 0 Å². The monoisotopic (exact) mass is 351 g/mol. The van der Waals surface area contributed by atoms with Crippen LogP contribution in [0.15, 0.2) is 4.99 Å². The molecule has 1 unspecified atom stereocenters. The van der Waals surface area contributed by atoms with Crippen molar-refractivity contribution in [2.24, 2.45) is 10.9 Å². The van der Waals surface area contributed by atoms with Crippen LogP contribution >= 0.6 is 0 Å². The third-order valence-electron chi connectivity index (χ3n) is 5.37. The number of nitrogens with one attached hydrogen (secondary N) is 1. The first-order valence-electron chi connectivity index (χ1n) is 10.0. The van der Waals surface area contributed by atoms with Gasteiger partial charge in [-0.3, -0.25) is 14.7 Å². The summed E-state index contributed by atoms with van der Waals surface area (Å²) < 4.78 is 0. The van der Waals surface area contributed by atoms with Crippen LogP contribution in [-0.2, 0) is 4.79 Å². The SMILES string of the molecule is CCNC(=NCCCN1CCCC1C(=O)N(C)C)N1CCC(C)CC1. The maximum atomic E-state index is 12.3. The van der Waals surface area contributed by atoms with E-state index in [1.165, 1.54) is 12.8 Å². The number of guanidine groups is 1. The Morgan fingerprint density at radius 1 is 1.20 bits per heavy atom. The first-order valence-corrected chi connectivity index (χ1v) is 10.0. The topological polar surface area (TPSA) is 51.2 Å². The van der Waals surface area contributed by atoms with Crippen molar-refractivity contribution in [2.45, 2.75) is 52.0 Å². The van der Waals surface area contributed by atoms with Crippen LogP contribution in [0, 0.1) is 5.92 Å². The second kappa shape index (κ2) is 10.00. The number of nitrogens with zero attached hydrogens (tertiary/aromatic N) is 4. The lowest BCUT2D eigenvalue weighted by molar-refractivity contribution is -0.133. The first-order chi connectivity index (χ1) is 12.0. The summed E-state index contributed by atoms with van der Waals surface area (Å²) in [6, 6.07) is 0.0794. The molecule has 2 aliphatic heterocycles. The zero-order valence-electron chi connectivity index (χ0n) is 16.6. The van der Waals surface area contributed by atoms with Crippen LogP contribution in [0.1, 0.15) is 46.0 Å². The molecule has 2 heterocycles. The van der Waals surface area contributed by atoms with Crippen molar-refractivity contribution in [2.75, 3.05) is 53.4 Å². The zero-order valence-corrected chi connectivity index (χ0v) is 16.6. The molecule has 6 nitrogen and oxygen atoms in total. The summed E-state index contributed by atoms with van der Waals surface area (Å²) in [4.78, 5) is 23.6. The Morgan fingerprint density at radius 2 is 1.92 bits per heavy atom. The van der Waals surface area contributed by atoms with Crippen molar-refractivity contribution in [1.29, 1.82) is 0 Å². The number of likely N-dealkylation sites (N-methyl/N-ethyl adjacent to an activating group) is 1. The average Bonchev–Trinajstić information content (AvgIpc) is 3.06. The summed E-state index contributed by atoms with van der Waals surface area (Å²) in [5, 5.41) is 3.44. The minimum atomic E-state index is 0.0794. The summed E-state index contributed by atoms with van der Waals surface area (Å²) in [6.45, 7) is 10.4. The minimum Gasteiger partial charge on any atom is -0.357 e. The van der Waals surface area contributed by atoms with E-state index in [1.807, 2.05) is 14.1 Å². The lowest BCUT2D eigenvalue weighted by atomic mass is 10.00. The van der Waals surface area contributed by atoms with Crippen molar-refractivity contribution in [3.8, 4) is 0 Å². The standard InChI is InChI=1S/C19H37N5O/c1-5-20-19(24-14-9-16(2)10-15-24)21-11-7-13-23-12-6-8-17(23)18(25)22(3)4/h16-17H,5-15H2,1-4H3,(H,20,21). The van der Waals surface area contributed by atoms with Crippen LogP contribution < -0.4 is 5.32 Å². The van der Waals surface area contributed by atoms with Gasteiger partial charge >= 0.3 is 0 Å². The Morgan fingerprint density at radius 3 is 2.56 bits per heavy atom. The molecule has 1 atom stereocenters. The molecule has 0 saturated carbocycles. The van der Waals surface area contributed by atoms with Crippen LogP contribution in [0.5, 0.6) is 0 Å². The fourth-order valence-corrected chi connectivity index (χ4v) is 3.78. The molecular formula is C19H37N5O. The summed E-state index contributed by atoms with van der Waals surface area (Å²) in [5.74, 6) is 2.15. The van der Waals surface area contributed by atoms with Gasteiger partial charge in [0.25, 0.3) is 0 Å². The number of carbonyl (C=O) groups is 1. The highest BCUT2D eigenvalue weighted by Gasteiger charge is 2.31. The summed E-state index contributed by atoms with van der Waals surface area (Å²) in [7, 11) is 3.70. The number of aliphatic imine (C=N–C) groups is 1. The molecule has 0 bridgehead atoms. The third kappa shape index (κ3) is 5.87. The number of hydrogen-bond donors (Lipinski definition) is 1. The number of piperidine rings is 1. The molecule has 0 aromatic heterocycles. The predicted octanol–water partition coefficient (Wildman–Crippen LogP) is 1.63. The van der Waals surface area contributed by atoms with E-state index < -0.39 is 0 Å². The summed E-state index contributed by atoms with van der Waals surface area (Å²) in [5.41, 5.74) is 0. The number of amides is 1. The van der Waals surface area contributed by atoms with Gasteiger partial charge in [-0.25, -0.2) is 0 Å². The van der Waals surface area contributed by atoms with E-state index in [0.717, 1.165) is 70.4 Å². The Kier molecular flexibility index (Phi) is 8.00. The lowest BCUT2D eigenvalue weighted by Crippen LogP contribution is -2.45. The van der Waals surface area contributed by atoms with E-state index in [4.69, 9.17) is 4.99 Å². The highest BCUT2D eigenvalue weighted by atomic mass is 16.2. The normalized spacial score (nSPS) is 23.1. The minimum absolute atomic E-state index is 0.0794. The van der Waals surface area contributed by atoms with Crippen molar-refractivity contribution in [1.82, 2.24) is 20.0 Å². The van der Waals surface area contributed by atoms with Gasteiger partial charge in [0.05, 0.1) is 6.04 Å². The number of hydrogen-bond acceptors (Lipinski definition) is 3. The van der Waals surface area contributed by atoms with Gasteiger partial charge in [0.15, 0.2) is 5.96 Å². The van der Waals surface area contributed by atoms with Gasteiger partial charge in [0.2, 0.25) is 5.91 Å². The lowest BCUT2D eigenvalue weighted by Gasteiger charge is -2.33. The highest BCUT2D eigenvalue weighted by Crippen LogP contribution is 2.19. The summed E-state index contributed by atoms with van der Waals surface area (Å²) >= 11 is 0. The van der Waals surface area contributed by atoms with Crippen LogP contribution in [0.25, 0.3) is 0 Å². The van der Waals surface area contributed by atoms with E-state index in [1.54, 1.807) is 4.90 Å². The molecule has 2 rings (SSSR count). The fraction of sp³-hybridized carbons (Fsp3) is 0.895. The molecule has 0 aromatic carbocycles. The largest absolute Gasteiger partial charge is 0.357 e. The smallest absolute Gasteiger partial charge is 0.239 e. The van der Waals surface area contributed by atoms with Gasteiger partial charge in [0, 0.05) is 46.8 Å². The van der Waals surface area contributed by atoms with Gasteiger partial charge in [-0.05, 0) is 51.5 Å². The van der Waals surface area contributed by atoms with Crippen molar-refractivity contribution in [3.63, 3.8) is 0 Å². The molecule has 0 aromatic rings. The Labute approximate surface area is 153 Å². The van der Waals surface area contributed by atoms with Gasteiger partial charge in [-0.2, -0.15) is 0 Å².